The number of rotatable bonds is 8. The molecule has 0 bridgehead atoms. The minimum absolute atomic E-state index is 0.0304. The van der Waals surface area contributed by atoms with E-state index in [1.54, 1.807) is 7.11 Å². The fourth-order valence-electron chi connectivity index (χ4n) is 3.80. The molecule has 8 nitrogen and oxygen atoms in total. The number of carbonyl (C=O) groups is 2. The maximum Gasteiger partial charge on any atom is 0.236 e. The molecule has 8 heteroatoms. The second kappa shape index (κ2) is 11.1. The molecule has 1 aromatic rings. The molecule has 0 saturated carbocycles. The quantitative estimate of drug-likeness (QED) is 0.602. The molecular formula is C21H33N5O3. The first-order chi connectivity index (χ1) is 14.2. The van der Waals surface area contributed by atoms with Crippen LogP contribution in [0.1, 0.15) is 0 Å². The topological polar surface area (TPSA) is 68.4 Å². The Hall–Kier alpha value is -2.16. The first-order valence-electron chi connectivity index (χ1n) is 10.4. The maximum atomic E-state index is 12.7. The van der Waals surface area contributed by atoms with E-state index in [0.717, 1.165) is 52.4 Å². The number of benzene rings is 1. The highest BCUT2D eigenvalue weighted by Crippen LogP contribution is 2.15. The van der Waals surface area contributed by atoms with Gasteiger partial charge >= 0.3 is 0 Å². The molecule has 0 aromatic heterocycles. The summed E-state index contributed by atoms with van der Waals surface area (Å²) in [4.78, 5) is 33.2. The molecule has 0 spiro atoms. The number of piperazine rings is 2. The monoisotopic (exact) mass is 403 g/mol. The Morgan fingerprint density at radius 3 is 2.14 bits per heavy atom. The lowest BCUT2D eigenvalue weighted by molar-refractivity contribution is -0.133. The van der Waals surface area contributed by atoms with Gasteiger partial charge < -0.3 is 19.9 Å². The Balaban J connectivity index is 1.33. The van der Waals surface area contributed by atoms with Crippen molar-refractivity contribution in [1.82, 2.24) is 20.0 Å². The predicted octanol–water partition coefficient (Wildman–Crippen LogP) is -0.285. The van der Waals surface area contributed by atoms with Crippen molar-refractivity contribution in [3.8, 4) is 0 Å². The zero-order valence-corrected chi connectivity index (χ0v) is 17.4. The number of hydrogen-bond donors (Lipinski definition) is 1. The molecule has 2 heterocycles. The van der Waals surface area contributed by atoms with E-state index in [9.17, 15) is 9.59 Å². The van der Waals surface area contributed by atoms with Gasteiger partial charge in [-0.15, -0.1) is 0 Å². The predicted molar refractivity (Wildman–Crippen MR) is 113 cm³/mol. The van der Waals surface area contributed by atoms with Crippen LogP contribution in [0.3, 0.4) is 0 Å². The van der Waals surface area contributed by atoms with Crippen molar-refractivity contribution in [2.75, 3.05) is 90.6 Å². The van der Waals surface area contributed by atoms with Crippen LogP contribution in [0.4, 0.5) is 5.69 Å². The fourth-order valence-corrected chi connectivity index (χ4v) is 3.80. The lowest BCUT2D eigenvalue weighted by Gasteiger charge is -2.38. The fraction of sp³-hybridized carbons (Fsp3) is 0.619. The summed E-state index contributed by atoms with van der Waals surface area (Å²) in [5, 5.41) is 2.85. The van der Waals surface area contributed by atoms with E-state index < -0.39 is 0 Å². The number of hydrogen-bond acceptors (Lipinski definition) is 6. The minimum atomic E-state index is 0.0304. The largest absolute Gasteiger partial charge is 0.383 e. The molecule has 1 aromatic carbocycles. The van der Waals surface area contributed by atoms with Gasteiger partial charge in [-0.05, 0) is 12.1 Å². The smallest absolute Gasteiger partial charge is 0.236 e. The van der Waals surface area contributed by atoms with Crippen molar-refractivity contribution in [1.29, 1.82) is 0 Å². The Labute approximate surface area is 173 Å². The highest BCUT2D eigenvalue weighted by Gasteiger charge is 2.25. The van der Waals surface area contributed by atoms with E-state index in [-0.39, 0.29) is 11.8 Å². The Morgan fingerprint density at radius 1 is 0.897 bits per heavy atom. The van der Waals surface area contributed by atoms with Crippen LogP contribution in [0.5, 0.6) is 0 Å². The van der Waals surface area contributed by atoms with Crippen LogP contribution in [-0.4, -0.2) is 112 Å². The van der Waals surface area contributed by atoms with E-state index >= 15 is 0 Å². The Bertz CT molecular complexity index is 641. The third-order valence-electron chi connectivity index (χ3n) is 5.57. The molecule has 29 heavy (non-hydrogen) atoms. The van der Waals surface area contributed by atoms with E-state index in [4.69, 9.17) is 4.74 Å². The molecule has 0 aliphatic carbocycles. The first kappa shape index (κ1) is 21.5. The zero-order chi connectivity index (χ0) is 20.5. The summed E-state index contributed by atoms with van der Waals surface area (Å²) in [5.41, 5.74) is 1.22. The zero-order valence-electron chi connectivity index (χ0n) is 17.4. The third-order valence-corrected chi connectivity index (χ3v) is 5.57. The highest BCUT2D eigenvalue weighted by molar-refractivity contribution is 5.79. The van der Waals surface area contributed by atoms with Gasteiger partial charge in [0.15, 0.2) is 0 Å². The lowest BCUT2D eigenvalue weighted by atomic mass is 10.2. The molecular weight excluding hydrogens is 370 g/mol. The highest BCUT2D eigenvalue weighted by atomic mass is 16.5. The summed E-state index contributed by atoms with van der Waals surface area (Å²) in [5.74, 6) is 0.242. The molecule has 3 rings (SSSR count). The van der Waals surface area contributed by atoms with Gasteiger partial charge in [-0.25, -0.2) is 0 Å². The second-order valence-electron chi connectivity index (χ2n) is 7.60. The molecule has 0 unspecified atom stereocenters. The molecule has 2 aliphatic heterocycles. The average Bonchev–Trinajstić information content (AvgIpc) is 2.76. The van der Waals surface area contributed by atoms with Gasteiger partial charge in [0.25, 0.3) is 0 Å². The maximum absolute atomic E-state index is 12.7. The van der Waals surface area contributed by atoms with Crippen LogP contribution in [0.25, 0.3) is 0 Å². The molecule has 0 atom stereocenters. The summed E-state index contributed by atoms with van der Waals surface area (Å²) >= 11 is 0. The van der Waals surface area contributed by atoms with Crippen molar-refractivity contribution in [2.24, 2.45) is 0 Å². The Morgan fingerprint density at radius 2 is 1.52 bits per heavy atom. The van der Waals surface area contributed by atoms with Gasteiger partial charge in [-0.1, -0.05) is 18.2 Å². The van der Waals surface area contributed by atoms with E-state index in [2.05, 4.69) is 44.3 Å². The molecule has 2 amide bonds. The number of para-hydroxylation sites is 1. The van der Waals surface area contributed by atoms with Gasteiger partial charge in [-0.2, -0.15) is 0 Å². The molecule has 0 radical (unpaired) electrons. The van der Waals surface area contributed by atoms with Crippen LogP contribution in [0.15, 0.2) is 30.3 Å². The van der Waals surface area contributed by atoms with E-state index in [1.807, 2.05) is 11.0 Å². The second-order valence-corrected chi connectivity index (χ2v) is 7.60. The minimum Gasteiger partial charge on any atom is -0.383 e. The van der Waals surface area contributed by atoms with Crippen LogP contribution in [0, 0.1) is 0 Å². The summed E-state index contributed by atoms with van der Waals surface area (Å²) in [6.45, 7) is 8.52. The van der Waals surface area contributed by atoms with Crippen molar-refractivity contribution in [3.63, 3.8) is 0 Å². The number of ether oxygens (including phenoxy) is 1. The SMILES string of the molecule is COCCNC(=O)CN1CCN(CC(=O)N2CCN(c3ccccc3)CC2)CC1. The van der Waals surface area contributed by atoms with Crippen molar-refractivity contribution < 1.29 is 14.3 Å². The summed E-state index contributed by atoms with van der Waals surface area (Å²) in [6, 6.07) is 10.4. The molecule has 1 N–H and O–H groups in total. The summed E-state index contributed by atoms with van der Waals surface area (Å²) in [7, 11) is 1.62. The van der Waals surface area contributed by atoms with E-state index in [1.165, 1.54) is 5.69 Å². The number of amides is 2. The Kier molecular flexibility index (Phi) is 8.27. The van der Waals surface area contributed by atoms with Crippen molar-refractivity contribution in [3.05, 3.63) is 30.3 Å². The summed E-state index contributed by atoms with van der Waals surface area (Å²) < 4.78 is 4.94. The van der Waals surface area contributed by atoms with Crippen LogP contribution in [0.2, 0.25) is 0 Å². The summed E-state index contributed by atoms with van der Waals surface area (Å²) in [6.07, 6.45) is 0. The number of nitrogens with zero attached hydrogens (tertiary/aromatic N) is 4. The van der Waals surface area contributed by atoms with Crippen molar-refractivity contribution in [2.45, 2.75) is 0 Å². The van der Waals surface area contributed by atoms with Crippen LogP contribution < -0.4 is 10.2 Å². The van der Waals surface area contributed by atoms with Gasteiger partial charge in [0.2, 0.25) is 11.8 Å². The van der Waals surface area contributed by atoms with Crippen molar-refractivity contribution >= 4 is 17.5 Å². The van der Waals surface area contributed by atoms with Crippen LogP contribution in [-0.2, 0) is 14.3 Å². The van der Waals surface area contributed by atoms with Gasteiger partial charge in [-0.3, -0.25) is 19.4 Å². The third kappa shape index (κ3) is 6.69. The lowest BCUT2D eigenvalue weighted by Crippen LogP contribution is -2.54. The standard InChI is InChI=1S/C21H33N5O3/c1-29-16-7-22-20(27)17-23-8-10-24(11-9-23)18-21(28)26-14-12-25(13-15-26)19-5-3-2-4-6-19/h2-6H,7-18H2,1H3,(H,22,27). The number of nitrogens with one attached hydrogen (secondary N) is 1. The molecule has 2 saturated heterocycles. The first-order valence-corrected chi connectivity index (χ1v) is 10.4. The number of carbonyl (C=O) groups excluding carboxylic acids is 2. The number of anilines is 1. The van der Waals surface area contributed by atoms with E-state index in [0.29, 0.717) is 26.2 Å². The normalized spacial score (nSPS) is 18.7. The van der Waals surface area contributed by atoms with Gasteiger partial charge in [0.1, 0.15) is 0 Å². The molecule has 160 valence electrons. The van der Waals surface area contributed by atoms with Gasteiger partial charge in [0.05, 0.1) is 19.7 Å². The van der Waals surface area contributed by atoms with Crippen LogP contribution >= 0.6 is 0 Å². The van der Waals surface area contributed by atoms with Gasteiger partial charge in [0, 0.05) is 71.7 Å². The average molecular weight is 404 g/mol. The molecule has 2 aliphatic rings. The molecule has 2 fully saturated rings. The number of methoxy groups -OCH3 is 1.